The maximum atomic E-state index is 12.8. The second kappa shape index (κ2) is 9.74. The number of benzene rings is 1. The molecule has 3 rings (SSSR count). The van der Waals surface area contributed by atoms with Crippen LogP contribution in [0.3, 0.4) is 0 Å². The summed E-state index contributed by atoms with van der Waals surface area (Å²) < 4.78 is 0.819. The van der Waals surface area contributed by atoms with Crippen LogP contribution in [0.5, 0.6) is 0 Å². The number of carbonyl (C=O) groups is 1. The number of hydrogen-bond acceptors (Lipinski definition) is 6. The molecule has 1 aromatic carbocycles. The topological polar surface area (TPSA) is 58.1 Å². The number of hydrogen-bond donors (Lipinski definition) is 1. The van der Waals surface area contributed by atoms with Gasteiger partial charge in [0.05, 0.1) is 5.25 Å². The van der Waals surface area contributed by atoms with Gasteiger partial charge < -0.3 is 10.2 Å². The van der Waals surface area contributed by atoms with Gasteiger partial charge in [-0.05, 0) is 43.4 Å². The van der Waals surface area contributed by atoms with Gasteiger partial charge in [0.25, 0.3) is 0 Å². The van der Waals surface area contributed by atoms with Crippen molar-refractivity contribution in [2.75, 3.05) is 12.4 Å². The van der Waals surface area contributed by atoms with E-state index in [1.54, 1.807) is 0 Å². The average molecular weight is 419 g/mol. The number of thioether (sulfide) groups is 1. The Balaban J connectivity index is 1.55. The lowest BCUT2D eigenvalue weighted by molar-refractivity contribution is -0.131. The summed E-state index contributed by atoms with van der Waals surface area (Å²) in [6, 6.07) is 8.78. The molecule has 1 aliphatic rings. The van der Waals surface area contributed by atoms with E-state index in [2.05, 4.69) is 53.6 Å². The Morgan fingerprint density at radius 1 is 1.14 bits per heavy atom. The van der Waals surface area contributed by atoms with Crippen molar-refractivity contribution in [2.45, 2.75) is 74.4 Å². The number of nitrogens with one attached hydrogen (secondary N) is 1. The molecule has 1 amide bonds. The van der Waals surface area contributed by atoms with Crippen molar-refractivity contribution in [1.82, 2.24) is 15.1 Å². The number of amides is 1. The molecule has 1 N–H and O–H groups in total. The van der Waals surface area contributed by atoms with E-state index in [0.717, 1.165) is 28.0 Å². The Morgan fingerprint density at radius 2 is 1.82 bits per heavy atom. The van der Waals surface area contributed by atoms with Crippen LogP contribution in [-0.4, -0.2) is 39.3 Å². The Bertz CT molecular complexity index is 769. The van der Waals surface area contributed by atoms with Crippen molar-refractivity contribution in [1.29, 1.82) is 0 Å². The molecule has 28 heavy (non-hydrogen) atoms. The molecule has 1 atom stereocenters. The first kappa shape index (κ1) is 21.1. The Morgan fingerprint density at radius 3 is 2.46 bits per heavy atom. The molecule has 1 aromatic heterocycles. The van der Waals surface area contributed by atoms with Crippen LogP contribution in [0.1, 0.15) is 64.4 Å². The van der Waals surface area contributed by atoms with Crippen LogP contribution < -0.4 is 5.32 Å². The monoisotopic (exact) mass is 418 g/mol. The van der Waals surface area contributed by atoms with Gasteiger partial charge >= 0.3 is 0 Å². The highest BCUT2D eigenvalue weighted by molar-refractivity contribution is 8.02. The van der Waals surface area contributed by atoms with Crippen molar-refractivity contribution in [3.63, 3.8) is 0 Å². The fourth-order valence-electron chi connectivity index (χ4n) is 3.52. The molecule has 0 bridgehead atoms. The summed E-state index contributed by atoms with van der Waals surface area (Å²) in [6.45, 7) is 6.33. The highest BCUT2D eigenvalue weighted by Gasteiger charge is 2.26. The van der Waals surface area contributed by atoms with E-state index in [4.69, 9.17) is 0 Å². The second-order valence-corrected chi connectivity index (χ2v) is 10.3. The first-order valence-corrected chi connectivity index (χ1v) is 11.8. The zero-order valence-electron chi connectivity index (χ0n) is 17.1. The SMILES string of the molecule is CC(C)c1ccc(Nc2nnc(S[C@@H](C)C(=O)N(C)C3CCCCC3)s2)cc1. The van der Waals surface area contributed by atoms with Gasteiger partial charge in [0.2, 0.25) is 11.0 Å². The second-order valence-electron chi connectivity index (χ2n) is 7.78. The minimum absolute atomic E-state index is 0.155. The highest BCUT2D eigenvalue weighted by Crippen LogP contribution is 2.32. The lowest BCUT2D eigenvalue weighted by Crippen LogP contribution is -2.42. The van der Waals surface area contributed by atoms with Gasteiger partial charge in [-0.3, -0.25) is 4.79 Å². The zero-order chi connectivity index (χ0) is 20.1. The van der Waals surface area contributed by atoms with Crippen LogP contribution in [0, 0.1) is 0 Å². The van der Waals surface area contributed by atoms with E-state index in [1.165, 1.54) is 47.9 Å². The standard InChI is InChI=1S/C21H30N4OS2/c1-14(2)16-10-12-17(13-11-16)22-20-23-24-21(28-20)27-15(3)19(26)25(4)18-8-6-5-7-9-18/h10-15,18H,5-9H2,1-4H3,(H,22,23)/t15-/m0/s1. The van der Waals surface area contributed by atoms with Gasteiger partial charge in [0.15, 0.2) is 4.34 Å². The third-order valence-electron chi connectivity index (χ3n) is 5.33. The number of aromatic nitrogens is 2. The first-order valence-electron chi connectivity index (χ1n) is 10.1. The molecule has 0 spiro atoms. The minimum Gasteiger partial charge on any atom is -0.342 e. The molecule has 2 aromatic rings. The molecule has 1 saturated carbocycles. The van der Waals surface area contributed by atoms with E-state index >= 15 is 0 Å². The maximum Gasteiger partial charge on any atom is 0.235 e. The van der Waals surface area contributed by atoms with Crippen molar-refractivity contribution in [3.05, 3.63) is 29.8 Å². The van der Waals surface area contributed by atoms with Crippen LogP contribution in [0.2, 0.25) is 0 Å². The first-order chi connectivity index (χ1) is 13.4. The van der Waals surface area contributed by atoms with E-state index in [0.29, 0.717) is 12.0 Å². The fourth-order valence-corrected chi connectivity index (χ4v) is 5.54. The van der Waals surface area contributed by atoms with Crippen molar-refractivity contribution >= 4 is 39.8 Å². The molecular formula is C21H30N4OS2. The van der Waals surface area contributed by atoms with E-state index in [9.17, 15) is 4.79 Å². The van der Waals surface area contributed by atoms with Gasteiger partial charge in [0, 0.05) is 18.8 Å². The van der Waals surface area contributed by atoms with E-state index < -0.39 is 0 Å². The van der Waals surface area contributed by atoms with Gasteiger partial charge in [0.1, 0.15) is 0 Å². The van der Waals surface area contributed by atoms with Gasteiger partial charge in [-0.15, -0.1) is 10.2 Å². The molecule has 0 radical (unpaired) electrons. The van der Waals surface area contributed by atoms with Crippen LogP contribution in [0.4, 0.5) is 10.8 Å². The molecule has 0 saturated heterocycles. The molecule has 152 valence electrons. The number of rotatable bonds is 7. The fraction of sp³-hybridized carbons (Fsp3) is 0.571. The number of anilines is 2. The summed E-state index contributed by atoms with van der Waals surface area (Å²) in [4.78, 5) is 14.7. The summed E-state index contributed by atoms with van der Waals surface area (Å²) in [5, 5.41) is 12.4. The summed E-state index contributed by atoms with van der Waals surface area (Å²) in [5.74, 6) is 0.704. The third-order valence-corrected chi connectivity index (χ3v) is 7.34. The summed E-state index contributed by atoms with van der Waals surface area (Å²) in [7, 11) is 1.95. The van der Waals surface area contributed by atoms with Crippen LogP contribution >= 0.6 is 23.1 Å². The minimum atomic E-state index is -0.155. The normalized spacial score (nSPS) is 16.2. The van der Waals surface area contributed by atoms with E-state index in [1.807, 2.05) is 18.9 Å². The highest BCUT2D eigenvalue weighted by atomic mass is 32.2. The number of carbonyl (C=O) groups excluding carboxylic acids is 1. The zero-order valence-corrected chi connectivity index (χ0v) is 18.8. The molecule has 7 heteroatoms. The third kappa shape index (κ3) is 5.47. The quantitative estimate of drug-likeness (QED) is 0.587. The molecule has 1 heterocycles. The largest absolute Gasteiger partial charge is 0.342 e. The van der Waals surface area contributed by atoms with Crippen molar-refractivity contribution < 1.29 is 4.79 Å². The van der Waals surface area contributed by atoms with Crippen LogP contribution in [-0.2, 0) is 4.79 Å². The van der Waals surface area contributed by atoms with Gasteiger partial charge in [-0.2, -0.15) is 0 Å². The smallest absolute Gasteiger partial charge is 0.235 e. The molecule has 5 nitrogen and oxygen atoms in total. The van der Waals surface area contributed by atoms with Crippen molar-refractivity contribution in [3.8, 4) is 0 Å². The Labute approximate surface area is 176 Å². The number of nitrogens with zero attached hydrogens (tertiary/aromatic N) is 3. The lowest BCUT2D eigenvalue weighted by Gasteiger charge is -2.32. The Kier molecular flexibility index (Phi) is 7.35. The molecule has 0 aliphatic heterocycles. The van der Waals surface area contributed by atoms with E-state index in [-0.39, 0.29) is 11.2 Å². The van der Waals surface area contributed by atoms with Crippen LogP contribution in [0.25, 0.3) is 0 Å². The predicted octanol–water partition coefficient (Wildman–Crippen LogP) is 5.68. The lowest BCUT2D eigenvalue weighted by atomic mass is 9.94. The maximum absolute atomic E-state index is 12.8. The summed E-state index contributed by atoms with van der Waals surface area (Å²) >= 11 is 2.99. The molecule has 1 fully saturated rings. The van der Waals surface area contributed by atoms with Crippen LogP contribution in [0.15, 0.2) is 28.6 Å². The van der Waals surface area contributed by atoms with Gasteiger partial charge in [-0.1, -0.05) is 68.3 Å². The van der Waals surface area contributed by atoms with Gasteiger partial charge in [-0.25, -0.2) is 0 Å². The summed E-state index contributed by atoms with van der Waals surface area (Å²) in [6.07, 6.45) is 6.01. The molecular weight excluding hydrogens is 388 g/mol. The molecule has 1 aliphatic carbocycles. The predicted molar refractivity (Wildman–Crippen MR) is 119 cm³/mol. The Hall–Kier alpha value is -1.60. The summed E-state index contributed by atoms with van der Waals surface area (Å²) in [5.41, 5.74) is 2.31. The average Bonchev–Trinajstić information content (AvgIpc) is 3.14. The molecule has 0 unspecified atom stereocenters. The van der Waals surface area contributed by atoms with Crippen molar-refractivity contribution in [2.24, 2.45) is 0 Å².